The summed E-state index contributed by atoms with van der Waals surface area (Å²) in [7, 11) is 1.46. The molecule has 0 aliphatic heterocycles. The van der Waals surface area contributed by atoms with E-state index in [-0.39, 0.29) is 5.91 Å². The molecule has 20 heavy (non-hydrogen) atoms. The van der Waals surface area contributed by atoms with Gasteiger partial charge in [0.15, 0.2) is 5.16 Å². The molecule has 1 aromatic carbocycles. The number of hydrogen-bond donors (Lipinski definition) is 3. The number of imide groups is 1. The number of hydrogen-bond acceptors (Lipinski definition) is 4. The van der Waals surface area contributed by atoms with E-state index >= 15 is 0 Å². The van der Waals surface area contributed by atoms with Crippen molar-refractivity contribution in [3.05, 3.63) is 23.8 Å². The number of nitrogens with one attached hydrogen (secondary N) is 3. The number of carbonyl (C=O) groups excluding carboxylic acids is 2. The lowest BCUT2D eigenvalue weighted by molar-refractivity contribution is -0.119. The molecule has 0 saturated carbocycles. The van der Waals surface area contributed by atoms with E-state index in [9.17, 15) is 9.59 Å². The predicted molar refractivity (Wildman–Crippen MR) is 78.7 cm³/mol. The van der Waals surface area contributed by atoms with E-state index in [1.165, 1.54) is 18.8 Å². The van der Waals surface area contributed by atoms with E-state index in [2.05, 4.69) is 20.6 Å². The maximum Gasteiger partial charge on any atom is 0.321 e. The number of thioether (sulfide) groups is 1. The van der Waals surface area contributed by atoms with Crippen LogP contribution in [0.2, 0.25) is 0 Å². The summed E-state index contributed by atoms with van der Waals surface area (Å²) < 4.78 is 0. The van der Waals surface area contributed by atoms with E-state index in [4.69, 9.17) is 0 Å². The van der Waals surface area contributed by atoms with Gasteiger partial charge in [0.1, 0.15) is 0 Å². The maximum atomic E-state index is 11.8. The molecule has 106 valence electrons. The number of aryl methyl sites for hydroxylation is 1. The van der Waals surface area contributed by atoms with Gasteiger partial charge in [-0.25, -0.2) is 9.78 Å². The molecule has 1 heterocycles. The van der Waals surface area contributed by atoms with Crippen LogP contribution in [0.3, 0.4) is 0 Å². The molecule has 0 fully saturated rings. The van der Waals surface area contributed by atoms with Crippen molar-refractivity contribution in [2.75, 3.05) is 7.05 Å². The Kier molecular flexibility index (Phi) is 4.29. The van der Waals surface area contributed by atoms with Crippen LogP contribution in [0.1, 0.15) is 12.5 Å². The lowest BCUT2D eigenvalue weighted by Gasteiger charge is -2.08. The highest BCUT2D eigenvalue weighted by Crippen LogP contribution is 2.23. The average Bonchev–Trinajstić information content (AvgIpc) is 2.79. The Morgan fingerprint density at radius 3 is 2.85 bits per heavy atom. The molecular weight excluding hydrogens is 276 g/mol. The van der Waals surface area contributed by atoms with Gasteiger partial charge < -0.3 is 10.3 Å². The second-order valence-electron chi connectivity index (χ2n) is 4.39. The molecule has 0 unspecified atom stereocenters. The van der Waals surface area contributed by atoms with Gasteiger partial charge in [-0.2, -0.15) is 0 Å². The zero-order chi connectivity index (χ0) is 14.7. The number of aromatic amines is 1. The number of urea groups is 1. The summed E-state index contributed by atoms with van der Waals surface area (Å²) >= 11 is 1.28. The Morgan fingerprint density at radius 1 is 1.40 bits per heavy atom. The minimum atomic E-state index is -0.511. The van der Waals surface area contributed by atoms with Crippen LogP contribution in [0, 0.1) is 6.92 Å². The quantitative estimate of drug-likeness (QED) is 0.753. The summed E-state index contributed by atoms with van der Waals surface area (Å²) in [6, 6.07) is 5.41. The van der Waals surface area contributed by atoms with Crippen LogP contribution in [-0.4, -0.2) is 34.2 Å². The molecule has 7 heteroatoms. The third-order valence-corrected chi connectivity index (χ3v) is 3.72. The Balaban J connectivity index is 2.07. The monoisotopic (exact) mass is 292 g/mol. The SMILES string of the molecule is CNC(=O)NC(=O)[C@@H](C)Sc1nc2ccc(C)cc2[nH]1. The zero-order valence-corrected chi connectivity index (χ0v) is 12.3. The van der Waals surface area contributed by atoms with Gasteiger partial charge in [0.25, 0.3) is 0 Å². The molecule has 0 spiro atoms. The summed E-state index contributed by atoms with van der Waals surface area (Å²) in [5, 5.41) is 4.82. The van der Waals surface area contributed by atoms with E-state index < -0.39 is 11.3 Å². The molecule has 3 amide bonds. The molecular formula is C13H16N4O2S. The van der Waals surface area contributed by atoms with Crippen LogP contribution < -0.4 is 10.6 Å². The van der Waals surface area contributed by atoms with Gasteiger partial charge in [-0.05, 0) is 31.5 Å². The normalized spacial score (nSPS) is 12.2. The van der Waals surface area contributed by atoms with E-state index in [0.29, 0.717) is 5.16 Å². The molecule has 6 nitrogen and oxygen atoms in total. The highest BCUT2D eigenvalue weighted by Gasteiger charge is 2.18. The molecule has 0 aliphatic rings. The van der Waals surface area contributed by atoms with Gasteiger partial charge in [0.2, 0.25) is 5.91 Å². The maximum absolute atomic E-state index is 11.8. The van der Waals surface area contributed by atoms with Crippen molar-refractivity contribution in [1.29, 1.82) is 0 Å². The number of rotatable bonds is 3. The van der Waals surface area contributed by atoms with E-state index in [0.717, 1.165) is 16.6 Å². The fourth-order valence-electron chi connectivity index (χ4n) is 1.65. The highest BCUT2D eigenvalue weighted by atomic mass is 32.2. The topological polar surface area (TPSA) is 86.9 Å². The van der Waals surface area contributed by atoms with Gasteiger partial charge in [-0.1, -0.05) is 17.8 Å². The van der Waals surface area contributed by atoms with Crippen molar-refractivity contribution in [3.63, 3.8) is 0 Å². The van der Waals surface area contributed by atoms with Crippen LogP contribution in [0.5, 0.6) is 0 Å². The smallest absolute Gasteiger partial charge is 0.321 e. The average molecular weight is 292 g/mol. The van der Waals surface area contributed by atoms with Crippen molar-refractivity contribution in [2.45, 2.75) is 24.3 Å². The lowest BCUT2D eigenvalue weighted by Crippen LogP contribution is -2.41. The summed E-state index contributed by atoms with van der Waals surface area (Å²) in [5.74, 6) is -0.356. The Bertz CT molecular complexity index is 653. The van der Waals surface area contributed by atoms with E-state index in [1.54, 1.807) is 6.92 Å². The van der Waals surface area contributed by atoms with Crippen molar-refractivity contribution >= 4 is 34.7 Å². The molecule has 1 atom stereocenters. The van der Waals surface area contributed by atoms with Crippen LogP contribution in [0.25, 0.3) is 11.0 Å². The standard InChI is InChI=1S/C13H16N4O2S/c1-7-4-5-9-10(6-7)16-13(15-9)20-8(2)11(18)17-12(19)14-3/h4-6,8H,1-3H3,(H,15,16)(H2,14,17,18,19)/t8-/m1/s1. The zero-order valence-electron chi connectivity index (χ0n) is 11.5. The number of amides is 3. The van der Waals surface area contributed by atoms with Crippen molar-refractivity contribution < 1.29 is 9.59 Å². The predicted octanol–water partition coefficient (Wildman–Crippen LogP) is 1.81. The summed E-state index contributed by atoms with van der Waals surface area (Å²) in [4.78, 5) is 30.4. The Hall–Kier alpha value is -2.02. The second-order valence-corrected chi connectivity index (χ2v) is 5.72. The number of imidazole rings is 1. The molecule has 0 bridgehead atoms. The van der Waals surface area contributed by atoms with Gasteiger partial charge >= 0.3 is 6.03 Å². The summed E-state index contributed by atoms with van der Waals surface area (Å²) in [5.41, 5.74) is 2.94. The molecule has 3 N–H and O–H groups in total. The van der Waals surface area contributed by atoms with Crippen LogP contribution in [-0.2, 0) is 4.79 Å². The van der Waals surface area contributed by atoms with Crippen molar-refractivity contribution in [2.24, 2.45) is 0 Å². The highest BCUT2D eigenvalue weighted by molar-refractivity contribution is 8.00. The van der Waals surface area contributed by atoms with Crippen LogP contribution in [0.4, 0.5) is 4.79 Å². The van der Waals surface area contributed by atoms with Crippen molar-refractivity contribution in [1.82, 2.24) is 20.6 Å². The third-order valence-electron chi connectivity index (χ3n) is 2.74. The van der Waals surface area contributed by atoms with Crippen LogP contribution >= 0.6 is 11.8 Å². The van der Waals surface area contributed by atoms with Gasteiger partial charge in [0, 0.05) is 7.05 Å². The largest absolute Gasteiger partial charge is 0.341 e. The van der Waals surface area contributed by atoms with Crippen LogP contribution in [0.15, 0.2) is 23.4 Å². The number of H-pyrrole nitrogens is 1. The minimum Gasteiger partial charge on any atom is -0.341 e. The second kappa shape index (κ2) is 5.96. The summed E-state index contributed by atoms with van der Waals surface area (Å²) in [6.45, 7) is 3.73. The lowest BCUT2D eigenvalue weighted by atomic mass is 10.2. The fraction of sp³-hybridized carbons (Fsp3) is 0.308. The van der Waals surface area contributed by atoms with E-state index in [1.807, 2.05) is 25.1 Å². The first kappa shape index (κ1) is 14.4. The third kappa shape index (κ3) is 3.30. The van der Waals surface area contributed by atoms with Gasteiger partial charge in [0.05, 0.1) is 16.3 Å². The van der Waals surface area contributed by atoms with Gasteiger partial charge in [-0.3, -0.25) is 10.1 Å². The minimum absolute atomic E-state index is 0.356. The fourth-order valence-corrected chi connectivity index (χ4v) is 2.47. The molecule has 1 aromatic heterocycles. The first-order valence-electron chi connectivity index (χ1n) is 6.15. The first-order valence-corrected chi connectivity index (χ1v) is 7.03. The van der Waals surface area contributed by atoms with Crippen molar-refractivity contribution in [3.8, 4) is 0 Å². The molecule has 0 saturated heterocycles. The number of aromatic nitrogens is 2. The number of fused-ring (bicyclic) bond motifs is 1. The Labute approximate surface area is 120 Å². The Morgan fingerprint density at radius 2 is 2.15 bits per heavy atom. The molecule has 0 radical (unpaired) electrons. The molecule has 2 aromatic rings. The summed E-state index contributed by atoms with van der Waals surface area (Å²) in [6.07, 6.45) is 0. The number of nitrogens with zero attached hydrogens (tertiary/aromatic N) is 1. The molecule has 2 rings (SSSR count). The number of carbonyl (C=O) groups is 2. The van der Waals surface area contributed by atoms with Gasteiger partial charge in [-0.15, -0.1) is 0 Å². The molecule has 0 aliphatic carbocycles. The first-order chi connectivity index (χ1) is 9.49. The number of benzene rings is 1.